The molecule has 0 heterocycles. The first kappa shape index (κ1) is 16.3. The van der Waals surface area contributed by atoms with Crippen LogP contribution in [0.5, 0.6) is 5.75 Å². The number of esters is 1. The zero-order chi connectivity index (χ0) is 15.8. The SMILES string of the molecule is CCc1ccc(OCC(=O)OCC(=O)NC2CCCC2)cc1. The van der Waals surface area contributed by atoms with Gasteiger partial charge in [0.05, 0.1) is 0 Å². The molecule has 22 heavy (non-hydrogen) atoms. The van der Waals surface area contributed by atoms with Gasteiger partial charge in [-0.15, -0.1) is 0 Å². The molecule has 0 spiro atoms. The van der Waals surface area contributed by atoms with Crippen molar-refractivity contribution in [3.63, 3.8) is 0 Å². The van der Waals surface area contributed by atoms with Gasteiger partial charge in [0.2, 0.25) is 0 Å². The van der Waals surface area contributed by atoms with Gasteiger partial charge in [-0.3, -0.25) is 4.79 Å². The fourth-order valence-electron chi connectivity index (χ4n) is 2.49. The molecule has 0 saturated heterocycles. The Morgan fingerprint density at radius 1 is 1.14 bits per heavy atom. The van der Waals surface area contributed by atoms with Crippen LogP contribution in [0.4, 0.5) is 0 Å². The molecule has 1 aliphatic rings. The fraction of sp³-hybridized carbons (Fsp3) is 0.529. The summed E-state index contributed by atoms with van der Waals surface area (Å²) in [7, 11) is 0. The van der Waals surface area contributed by atoms with Crippen molar-refractivity contribution in [1.82, 2.24) is 5.32 Å². The number of benzene rings is 1. The first-order valence-corrected chi connectivity index (χ1v) is 7.84. The normalized spacial score (nSPS) is 14.6. The molecule has 1 aromatic carbocycles. The van der Waals surface area contributed by atoms with E-state index in [1.54, 1.807) is 0 Å². The topological polar surface area (TPSA) is 64.6 Å². The second kappa shape index (κ2) is 8.41. The molecule has 0 unspecified atom stereocenters. The number of rotatable bonds is 7. The lowest BCUT2D eigenvalue weighted by Crippen LogP contribution is -2.36. The Balaban J connectivity index is 1.63. The minimum absolute atomic E-state index is 0.192. The van der Waals surface area contributed by atoms with Gasteiger partial charge in [-0.1, -0.05) is 31.9 Å². The van der Waals surface area contributed by atoms with Crippen molar-refractivity contribution in [3.05, 3.63) is 29.8 Å². The number of nitrogens with one attached hydrogen (secondary N) is 1. The van der Waals surface area contributed by atoms with Gasteiger partial charge in [-0.05, 0) is 37.0 Å². The van der Waals surface area contributed by atoms with Gasteiger partial charge >= 0.3 is 5.97 Å². The minimum Gasteiger partial charge on any atom is -0.482 e. The van der Waals surface area contributed by atoms with E-state index in [1.807, 2.05) is 24.3 Å². The Morgan fingerprint density at radius 2 is 1.82 bits per heavy atom. The lowest BCUT2D eigenvalue weighted by atomic mass is 10.2. The molecule has 0 radical (unpaired) electrons. The third kappa shape index (κ3) is 5.39. The monoisotopic (exact) mass is 305 g/mol. The minimum atomic E-state index is -0.541. The maximum Gasteiger partial charge on any atom is 0.344 e. The molecule has 5 heteroatoms. The summed E-state index contributed by atoms with van der Waals surface area (Å²) < 4.78 is 10.2. The van der Waals surface area contributed by atoms with E-state index in [0.29, 0.717) is 5.75 Å². The molecule has 5 nitrogen and oxygen atoms in total. The van der Waals surface area contributed by atoms with E-state index < -0.39 is 5.97 Å². The zero-order valence-electron chi connectivity index (χ0n) is 13.0. The molecule has 1 aliphatic carbocycles. The van der Waals surface area contributed by atoms with E-state index in [0.717, 1.165) is 32.1 Å². The number of hydrogen-bond acceptors (Lipinski definition) is 4. The molecule has 0 aromatic heterocycles. The molecule has 1 saturated carbocycles. The van der Waals surface area contributed by atoms with Crippen LogP contribution in [0.1, 0.15) is 38.2 Å². The third-order valence-corrected chi connectivity index (χ3v) is 3.77. The van der Waals surface area contributed by atoms with E-state index in [-0.39, 0.29) is 25.2 Å². The highest BCUT2D eigenvalue weighted by Crippen LogP contribution is 2.17. The summed E-state index contributed by atoms with van der Waals surface area (Å²) in [4.78, 5) is 23.2. The zero-order valence-corrected chi connectivity index (χ0v) is 13.0. The Kier molecular flexibility index (Phi) is 6.25. The van der Waals surface area contributed by atoms with Crippen LogP contribution in [0, 0.1) is 0 Å². The van der Waals surface area contributed by atoms with Crippen LogP contribution in [0.2, 0.25) is 0 Å². The first-order valence-electron chi connectivity index (χ1n) is 7.84. The summed E-state index contributed by atoms with van der Waals surface area (Å²) in [6.07, 6.45) is 5.27. The molecule has 1 N–H and O–H groups in total. The Hall–Kier alpha value is -2.04. The van der Waals surface area contributed by atoms with Gasteiger partial charge in [0, 0.05) is 6.04 Å². The first-order chi connectivity index (χ1) is 10.7. The quantitative estimate of drug-likeness (QED) is 0.785. The van der Waals surface area contributed by atoms with Crippen LogP contribution in [-0.2, 0) is 20.7 Å². The van der Waals surface area contributed by atoms with Crippen molar-refractivity contribution in [2.75, 3.05) is 13.2 Å². The average molecular weight is 305 g/mol. The largest absolute Gasteiger partial charge is 0.482 e. The number of carbonyl (C=O) groups is 2. The van der Waals surface area contributed by atoms with Crippen molar-refractivity contribution in [1.29, 1.82) is 0 Å². The number of ether oxygens (including phenoxy) is 2. The molecule has 2 rings (SSSR count). The second-order valence-electron chi connectivity index (χ2n) is 5.50. The molecule has 120 valence electrons. The van der Waals surface area contributed by atoms with Crippen LogP contribution < -0.4 is 10.1 Å². The maximum atomic E-state index is 11.6. The van der Waals surface area contributed by atoms with Gasteiger partial charge in [0.25, 0.3) is 5.91 Å². The van der Waals surface area contributed by atoms with Crippen molar-refractivity contribution in [2.24, 2.45) is 0 Å². The molecule has 1 amide bonds. The van der Waals surface area contributed by atoms with Gasteiger partial charge in [0.15, 0.2) is 13.2 Å². The molecule has 0 atom stereocenters. The maximum absolute atomic E-state index is 11.6. The molecular formula is C17H23NO4. The molecule has 1 fully saturated rings. The van der Waals surface area contributed by atoms with E-state index in [1.165, 1.54) is 5.56 Å². The molecular weight excluding hydrogens is 282 g/mol. The molecule has 0 aliphatic heterocycles. The second-order valence-corrected chi connectivity index (χ2v) is 5.50. The average Bonchev–Trinajstić information content (AvgIpc) is 3.04. The highest BCUT2D eigenvalue weighted by molar-refractivity contribution is 5.81. The van der Waals surface area contributed by atoms with E-state index >= 15 is 0 Å². The number of hydrogen-bond donors (Lipinski definition) is 1. The smallest absolute Gasteiger partial charge is 0.344 e. The molecule has 0 bridgehead atoms. The summed E-state index contributed by atoms with van der Waals surface area (Å²) in [6.45, 7) is 1.64. The van der Waals surface area contributed by atoms with Crippen LogP contribution in [0.3, 0.4) is 0 Å². The van der Waals surface area contributed by atoms with Gasteiger partial charge in [0.1, 0.15) is 5.75 Å². The number of carbonyl (C=O) groups excluding carboxylic acids is 2. The summed E-state index contributed by atoms with van der Waals surface area (Å²) in [5, 5.41) is 2.86. The summed E-state index contributed by atoms with van der Waals surface area (Å²) in [5.74, 6) is -0.168. The van der Waals surface area contributed by atoms with Crippen molar-refractivity contribution in [2.45, 2.75) is 45.1 Å². The van der Waals surface area contributed by atoms with E-state index in [2.05, 4.69) is 12.2 Å². The summed E-state index contributed by atoms with van der Waals surface area (Å²) >= 11 is 0. The third-order valence-electron chi connectivity index (χ3n) is 3.77. The predicted molar refractivity (Wildman–Crippen MR) is 82.7 cm³/mol. The number of aryl methyl sites for hydroxylation is 1. The Labute approximate surface area is 131 Å². The van der Waals surface area contributed by atoms with Crippen molar-refractivity contribution >= 4 is 11.9 Å². The predicted octanol–water partition coefficient (Wildman–Crippen LogP) is 2.23. The summed E-state index contributed by atoms with van der Waals surface area (Å²) in [5.41, 5.74) is 1.21. The van der Waals surface area contributed by atoms with E-state index in [4.69, 9.17) is 9.47 Å². The van der Waals surface area contributed by atoms with Crippen LogP contribution >= 0.6 is 0 Å². The molecule has 1 aromatic rings. The number of amides is 1. The van der Waals surface area contributed by atoms with E-state index in [9.17, 15) is 9.59 Å². The lowest BCUT2D eigenvalue weighted by molar-refractivity contribution is -0.150. The van der Waals surface area contributed by atoms with Gasteiger partial charge < -0.3 is 14.8 Å². The highest BCUT2D eigenvalue weighted by Gasteiger charge is 2.17. The fourth-order valence-corrected chi connectivity index (χ4v) is 2.49. The van der Waals surface area contributed by atoms with Gasteiger partial charge in [-0.25, -0.2) is 4.79 Å². The van der Waals surface area contributed by atoms with Gasteiger partial charge in [-0.2, -0.15) is 0 Å². The van der Waals surface area contributed by atoms with Crippen molar-refractivity contribution in [3.8, 4) is 5.75 Å². The van der Waals surface area contributed by atoms with Crippen molar-refractivity contribution < 1.29 is 19.1 Å². The lowest BCUT2D eigenvalue weighted by Gasteiger charge is -2.12. The summed E-state index contributed by atoms with van der Waals surface area (Å²) in [6, 6.07) is 7.78. The Bertz CT molecular complexity index is 492. The standard InChI is InChI=1S/C17H23NO4/c1-2-13-7-9-15(10-8-13)21-12-17(20)22-11-16(19)18-14-5-3-4-6-14/h7-10,14H,2-6,11-12H2,1H3,(H,18,19). The van der Waals surface area contributed by atoms with Crippen LogP contribution in [0.25, 0.3) is 0 Å². The highest BCUT2D eigenvalue weighted by atomic mass is 16.6. The van der Waals surface area contributed by atoms with Crippen LogP contribution in [-0.4, -0.2) is 31.1 Å². The Morgan fingerprint density at radius 3 is 2.45 bits per heavy atom. The van der Waals surface area contributed by atoms with Crippen LogP contribution in [0.15, 0.2) is 24.3 Å².